The standard InChI is InChI=1S/C28H31FN6O/c29-19-14-18-22(15-24(19)35-10-4-1-5-11-35)33-28(36)25(27-31-20-6-2-3-7-21(20)32-27)26(18)30-23-16-34-12-8-17(23)9-13-34/h2-3,6-7,14-15,17,23H,1,4-5,8-13,16H2,(H,31,32)(H2,30,33,36)/t23-/m0/s1. The first-order chi connectivity index (χ1) is 17.6. The fourth-order valence-electron chi connectivity index (χ4n) is 6.44. The Labute approximate surface area is 208 Å². The Morgan fingerprint density at radius 1 is 0.972 bits per heavy atom. The van der Waals surface area contributed by atoms with Crippen molar-refractivity contribution in [1.29, 1.82) is 0 Å². The summed E-state index contributed by atoms with van der Waals surface area (Å²) in [4.78, 5) is 29.3. The first-order valence-electron chi connectivity index (χ1n) is 13.2. The van der Waals surface area contributed by atoms with Crippen molar-refractivity contribution in [3.8, 4) is 11.4 Å². The average Bonchev–Trinajstić information content (AvgIpc) is 3.34. The lowest BCUT2D eigenvalue weighted by Gasteiger charge is -2.45. The van der Waals surface area contributed by atoms with E-state index in [1.54, 1.807) is 6.07 Å². The van der Waals surface area contributed by atoms with Gasteiger partial charge in [-0.05, 0) is 75.4 Å². The van der Waals surface area contributed by atoms with Crippen molar-refractivity contribution in [1.82, 2.24) is 19.9 Å². The highest BCUT2D eigenvalue weighted by Gasteiger charge is 2.35. The van der Waals surface area contributed by atoms with Crippen LogP contribution in [0.3, 0.4) is 0 Å². The predicted octanol–water partition coefficient (Wildman–Crippen LogP) is 4.71. The number of aromatic nitrogens is 3. The number of hydrogen-bond acceptors (Lipinski definition) is 5. The summed E-state index contributed by atoms with van der Waals surface area (Å²) in [6.45, 7) is 4.88. The van der Waals surface area contributed by atoms with Gasteiger partial charge in [-0.25, -0.2) is 9.37 Å². The quantitative estimate of drug-likeness (QED) is 0.389. The fraction of sp³-hybridized carbons (Fsp3) is 0.429. The van der Waals surface area contributed by atoms with Crippen LogP contribution in [0.5, 0.6) is 0 Å². The van der Waals surface area contributed by atoms with Gasteiger partial charge < -0.3 is 25.1 Å². The van der Waals surface area contributed by atoms with E-state index in [1.165, 1.54) is 6.42 Å². The molecule has 1 atom stereocenters. The van der Waals surface area contributed by atoms with E-state index in [2.05, 4.69) is 25.1 Å². The van der Waals surface area contributed by atoms with Crippen molar-refractivity contribution in [3.63, 3.8) is 0 Å². The normalized spacial score (nSPS) is 24.0. The Balaban J connectivity index is 1.41. The topological polar surface area (TPSA) is 80.1 Å². The second-order valence-corrected chi connectivity index (χ2v) is 10.6. The molecule has 0 saturated carbocycles. The molecule has 4 aliphatic rings. The Morgan fingerprint density at radius 2 is 1.78 bits per heavy atom. The Kier molecular flexibility index (Phi) is 5.23. The van der Waals surface area contributed by atoms with Gasteiger partial charge in [0.2, 0.25) is 0 Å². The number of pyridine rings is 1. The van der Waals surface area contributed by atoms with E-state index in [1.807, 2.05) is 30.3 Å². The second-order valence-electron chi connectivity index (χ2n) is 10.6. The van der Waals surface area contributed by atoms with E-state index in [-0.39, 0.29) is 17.4 Å². The third-order valence-corrected chi connectivity index (χ3v) is 8.39. The summed E-state index contributed by atoms with van der Waals surface area (Å²) in [6.07, 6.45) is 5.59. The molecule has 0 amide bonds. The number of imidazole rings is 1. The summed E-state index contributed by atoms with van der Waals surface area (Å²) < 4.78 is 15.6. The van der Waals surface area contributed by atoms with Gasteiger partial charge in [-0.1, -0.05) is 12.1 Å². The number of piperidine rings is 4. The van der Waals surface area contributed by atoms with Crippen LogP contribution in [-0.2, 0) is 0 Å². The summed E-state index contributed by atoms with van der Waals surface area (Å²) in [5.41, 5.74) is 3.80. The van der Waals surface area contributed by atoms with Gasteiger partial charge in [0.1, 0.15) is 17.2 Å². The molecule has 4 aliphatic heterocycles. The second kappa shape index (κ2) is 8.62. The number of H-pyrrole nitrogens is 2. The van der Waals surface area contributed by atoms with Gasteiger partial charge >= 0.3 is 0 Å². The van der Waals surface area contributed by atoms with Gasteiger partial charge in [0.05, 0.1) is 27.9 Å². The van der Waals surface area contributed by atoms with Gasteiger partial charge in [0.15, 0.2) is 0 Å². The maximum Gasteiger partial charge on any atom is 0.261 e. The zero-order valence-electron chi connectivity index (χ0n) is 20.3. The summed E-state index contributed by atoms with van der Waals surface area (Å²) in [5, 5.41) is 4.43. The monoisotopic (exact) mass is 486 g/mol. The molecule has 0 aliphatic carbocycles. The maximum absolute atomic E-state index is 15.6. The molecule has 4 aromatic rings. The maximum atomic E-state index is 15.6. The third-order valence-electron chi connectivity index (χ3n) is 8.39. The predicted molar refractivity (Wildman–Crippen MR) is 142 cm³/mol. The summed E-state index contributed by atoms with van der Waals surface area (Å²) in [7, 11) is 0. The molecule has 2 bridgehead atoms. The molecule has 8 heteroatoms. The summed E-state index contributed by atoms with van der Waals surface area (Å²) in [6, 6.07) is 11.4. The summed E-state index contributed by atoms with van der Waals surface area (Å²) in [5.74, 6) is 0.804. The number of halogens is 1. The third kappa shape index (κ3) is 3.66. The molecular weight excluding hydrogens is 455 g/mol. The molecule has 3 N–H and O–H groups in total. The minimum absolute atomic E-state index is 0.213. The number of aromatic amines is 2. The molecule has 7 nitrogen and oxygen atoms in total. The largest absolute Gasteiger partial charge is 0.379 e. The first kappa shape index (κ1) is 21.9. The lowest BCUT2D eigenvalue weighted by atomic mass is 9.83. The van der Waals surface area contributed by atoms with Crippen molar-refractivity contribution in [2.45, 2.75) is 38.1 Å². The fourth-order valence-corrected chi connectivity index (χ4v) is 6.44. The van der Waals surface area contributed by atoms with Crippen LogP contribution in [0.15, 0.2) is 41.2 Å². The minimum Gasteiger partial charge on any atom is -0.379 e. The SMILES string of the molecule is O=c1[nH]c2cc(N3CCCCC3)c(F)cc2c(N[C@H]2CN3CCC2CC3)c1-c1nc2ccccc2[nH]1. The number of fused-ring (bicyclic) bond motifs is 5. The minimum atomic E-state index is -0.246. The van der Waals surface area contributed by atoms with Crippen molar-refractivity contribution in [3.05, 3.63) is 52.6 Å². The molecule has 2 aromatic carbocycles. The Hall–Kier alpha value is -3.39. The lowest BCUT2D eigenvalue weighted by molar-refractivity contribution is 0.0976. The van der Waals surface area contributed by atoms with E-state index in [9.17, 15) is 4.79 Å². The van der Waals surface area contributed by atoms with Crippen LogP contribution in [0.2, 0.25) is 0 Å². The van der Waals surface area contributed by atoms with Gasteiger partial charge in [-0.2, -0.15) is 0 Å². The molecule has 0 radical (unpaired) electrons. The van der Waals surface area contributed by atoms with Crippen LogP contribution in [0.25, 0.3) is 33.3 Å². The van der Waals surface area contributed by atoms with Crippen LogP contribution in [0.4, 0.5) is 15.8 Å². The molecular formula is C28H31FN6O. The lowest BCUT2D eigenvalue weighted by Crippen LogP contribution is -2.53. The van der Waals surface area contributed by atoms with E-state index >= 15 is 4.39 Å². The first-order valence-corrected chi connectivity index (χ1v) is 13.2. The van der Waals surface area contributed by atoms with Crippen LogP contribution in [0, 0.1) is 11.7 Å². The number of hydrogen-bond donors (Lipinski definition) is 3. The van der Waals surface area contributed by atoms with Crippen molar-refractivity contribution < 1.29 is 4.39 Å². The average molecular weight is 487 g/mol. The van der Waals surface area contributed by atoms with Gasteiger partial charge in [-0.15, -0.1) is 0 Å². The highest BCUT2D eigenvalue weighted by molar-refractivity contribution is 6.00. The van der Waals surface area contributed by atoms with Gasteiger partial charge in [0, 0.05) is 31.1 Å². The molecule has 0 spiro atoms. The number of anilines is 2. The van der Waals surface area contributed by atoms with Gasteiger partial charge in [0.25, 0.3) is 5.56 Å². The molecule has 2 aromatic heterocycles. The number of nitrogens with zero attached hydrogens (tertiary/aromatic N) is 3. The molecule has 0 unspecified atom stereocenters. The van der Waals surface area contributed by atoms with E-state index in [4.69, 9.17) is 4.98 Å². The molecule has 6 heterocycles. The van der Waals surface area contributed by atoms with E-state index in [0.717, 1.165) is 69.4 Å². The highest BCUT2D eigenvalue weighted by atomic mass is 19.1. The number of rotatable bonds is 4. The van der Waals surface area contributed by atoms with E-state index < -0.39 is 0 Å². The number of benzene rings is 2. The summed E-state index contributed by atoms with van der Waals surface area (Å²) >= 11 is 0. The van der Waals surface area contributed by atoms with Crippen LogP contribution in [-0.4, -0.2) is 58.6 Å². The number of nitrogens with one attached hydrogen (secondary N) is 3. The molecule has 4 fully saturated rings. The molecule has 186 valence electrons. The van der Waals surface area contributed by atoms with Gasteiger partial charge in [-0.3, -0.25) is 4.79 Å². The van der Waals surface area contributed by atoms with Crippen LogP contribution in [0.1, 0.15) is 32.1 Å². The van der Waals surface area contributed by atoms with Crippen LogP contribution >= 0.6 is 0 Å². The van der Waals surface area contributed by atoms with Crippen LogP contribution < -0.4 is 15.8 Å². The molecule has 4 saturated heterocycles. The smallest absolute Gasteiger partial charge is 0.261 e. The molecule has 8 rings (SSSR count). The van der Waals surface area contributed by atoms with Crippen molar-refractivity contribution in [2.75, 3.05) is 42.9 Å². The molecule has 36 heavy (non-hydrogen) atoms. The Morgan fingerprint density at radius 3 is 2.53 bits per heavy atom. The van der Waals surface area contributed by atoms with E-state index in [0.29, 0.717) is 39.6 Å². The number of para-hydroxylation sites is 2. The highest BCUT2D eigenvalue weighted by Crippen LogP contribution is 2.37. The zero-order valence-corrected chi connectivity index (χ0v) is 20.3. The Bertz CT molecular complexity index is 1460. The zero-order chi connectivity index (χ0) is 24.2. The van der Waals surface area contributed by atoms with Crippen molar-refractivity contribution in [2.24, 2.45) is 5.92 Å². The van der Waals surface area contributed by atoms with Crippen molar-refractivity contribution >= 4 is 33.3 Å².